The molecule has 168 valence electrons. The minimum atomic E-state index is -0.911. The van der Waals surface area contributed by atoms with E-state index in [-0.39, 0.29) is 6.61 Å². The second-order valence-electron chi connectivity index (χ2n) is 6.52. The number of benzene rings is 2. The van der Waals surface area contributed by atoms with Crippen molar-refractivity contribution in [3.63, 3.8) is 0 Å². The summed E-state index contributed by atoms with van der Waals surface area (Å²) < 4.78 is 13.1. The van der Waals surface area contributed by atoms with Crippen LogP contribution in [0.25, 0.3) is 5.69 Å². The molecule has 1 heterocycles. The molecule has 3 N–H and O–H groups in total. The molecule has 3 rings (SSSR count). The van der Waals surface area contributed by atoms with E-state index >= 15 is 0 Å². The average Bonchev–Trinajstić information content (AvgIpc) is 3.16. The second kappa shape index (κ2) is 10.9. The Morgan fingerprint density at radius 2 is 1.72 bits per heavy atom. The fourth-order valence-electron chi connectivity index (χ4n) is 2.70. The first-order valence-electron chi connectivity index (χ1n) is 9.70. The van der Waals surface area contributed by atoms with Gasteiger partial charge in [0.2, 0.25) is 5.91 Å². The van der Waals surface area contributed by atoms with Gasteiger partial charge in [0.15, 0.2) is 11.0 Å². The van der Waals surface area contributed by atoms with Crippen molar-refractivity contribution in [2.24, 2.45) is 5.73 Å². The van der Waals surface area contributed by atoms with Crippen molar-refractivity contribution in [3.8, 4) is 17.2 Å². The van der Waals surface area contributed by atoms with E-state index in [4.69, 9.17) is 26.8 Å². The third kappa shape index (κ3) is 6.14. The lowest BCUT2D eigenvalue weighted by Crippen LogP contribution is -2.39. The summed E-state index contributed by atoms with van der Waals surface area (Å²) in [5.41, 5.74) is 5.78. The summed E-state index contributed by atoms with van der Waals surface area (Å²) in [7, 11) is 0. The second-order valence-corrected chi connectivity index (χ2v) is 8.26. The number of thioether (sulfide) groups is 1. The lowest BCUT2D eigenvalue weighted by molar-refractivity contribution is -0.119. The zero-order valence-corrected chi connectivity index (χ0v) is 19.0. The van der Waals surface area contributed by atoms with Crippen LogP contribution >= 0.6 is 23.4 Å². The van der Waals surface area contributed by atoms with Crippen LogP contribution in [0.3, 0.4) is 0 Å². The maximum absolute atomic E-state index is 12.1. The van der Waals surface area contributed by atoms with E-state index in [9.17, 15) is 9.59 Å². The average molecular weight is 476 g/mol. The molecule has 0 aliphatic rings. The molecule has 1 atom stereocenters. The number of hydrogen-bond acceptors (Lipinski definition) is 7. The highest BCUT2D eigenvalue weighted by atomic mass is 35.5. The van der Waals surface area contributed by atoms with Crippen LogP contribution in [0.1, 0.15) is 19.7 Å². The van der Waals surface area contributed by atoms with E-state index in [1.165, 1.54) is 0 Å². The number of nitrogens with two attached hydrogens (primary N) is 1. The molecule has 0 saturated heterocycles. The fraction of sp³-hybridized carbons (Fsp3) is 0.238. The Bertz CT molecular complexity index is 1070. The molecular formula is C21H22ClN5O4S. The first kappa shape index (κ1) is 23.4. The van der Waals surface area contributed by atoms with Gasteiger partial charge in [-0.15, -0.1) is 10.2 Å². The molecule has 3 aromatic rings. The van der Waals surface area contributed by atoms with Crippen molar-refractivity contribution >= 4 is 35.3 Å². The summed E-state index contributed by atoms with van der Waals surface area (Å²) in [4.78, 5) is 23.1. The number of hydrogen-bond donors (Lipinski definition) is 2. The van der Waals surface area contributed by atoms with Gasteiger partial charge in [-0.05, 0) is 62.4 Å². The molecule has 2 aromatic carbocycles. The van der Waals surface area contributed by atoms with E-state index in [1.807, 2.05) is 31.2 Å². The lowest BCUT2D eigenvalue weighted by Gasteiger charge is -2.13. The van der Waals surface area contributed by atoms with Crippen LogP contribution in [0, 0.1) is 0 Å². The summed E-state index contributed by atoms with van der Waals surface area (Å²) in [5, 5.41) is 10.9. The molecule has 0 spiro atoms. The molecule has 1 aromatic heterocycles. The normalized spacial score (nSPS) is 11.6. The largest absolute Gasteiger partial charge is 0.494 e. The Labute approximate surface area is 194 Å². The van der Waals surface area contributed by atoms with Crippen LogP contribution < -0.4 is 20.5 Å². The smallest absolute Gasteiger partial charge is 0.318 e. The minimum absolute atomic E-state index is 0.131. The fourth-order valence-corrected chi connectivity index (χ4v) is 3.71. The number of imide groups is 1. The van der Waals surface area contributed by atoms with Crippen molar-refractivity contribution < 1.29 is 19.1 Å². The van der Waals surface area contributed by atoms with Gasteiger partial charge in [0.25, 0.3) is 0 Å². The number of ether oxygens (including phenoxy) is 2. The lowest BCUT2D eigenvalue weighted by atomic mass is 10.3. The first-order valence-corrected chi connectivity index (χ1v) is 11.0. The number of carbonyl (C=O) groups is 2. The molecule has 3 amide bonds. The monoisotopic (exact) mass is 475 g/mol. The number of nitrogens with zero attached hydrogens (tertiary/aromatic N) is 3. The number of rotatable bonds is 9. The highest BCUT2D eigenvalue weighted by molar-refractivity contribution is 8.00. The zero-order chi connectivity index (χ0) is 23.1. The van der Waals surface area contributed by atoms with E-state index < -0.39 is 17.2 Å². The molecule has 0 saturated carbocycles. The van der Waals surface area contributed by atoms with Gasteiger partial charge in [0.05, 0.1) is 11.9 Å². The Kier molecular flexibility index (Phi) is 7.96. The van der Waals surface area contributed by atoms with Gasteiger partial charge in [-0.2, -0.15) is 0 Å². The molecule has 0 radical (unpaired) electrons. The van der Waals surface area contributed by atoms with Gasteiger partial charge < -0.3 is 15.2 Å². The summed E-state index contributed by atoms with van der Waals surface area (Å²) >= 11 is 7.16. The molecule has 11 heteroatoms. The van der Waals surface area contributed by atoms with Gasteiger partial charge in [0.1, 0.15) is 18.1 Å². The minimum Gasteiger partial charge on any atom is -0.494 e. The highest BCUT2D eigenvalue weighted by Gasteiger charge is 2.22. The number of carbonyl (C=O) groups excluding carboxylic acids is 2. The zero-order valence-electron chi connectivity index (χ0n) is 17.4. The van der Waals surface area contributed by atoms with Gasteiger partial charge in [-0.1, -0.05) is 23.4 Å². The number of urea groups is 1. The van der Waals surface area contributed by atoms with E-state index in [0.29, 0.717) is 28.4 Å². The summed E-state index contributed by atoms with van der Waals surface area (Å²) in [5.74, 6) is 1.39. The third-order valence-electron chi connectivity index (χ3n) is 4.19. The summed E-state index contributed by atoms with van der Waals surface area (Å²) in [6.07, 6.45) is 0. The quantitative estimate of drug-likeness (QED) is 0.453. The predicted molar refractivity (Wildman–Crippen MR) is 121 cm³/mol. The number of amides is 3. The molecule has 9 nitrogen and oxygen atoms in total. The van der Waals surface area contributed by atoms with Crippen LogP contribution in [0.15, 0.2) is 53.7 Å². The SMILES string of the molecule is CCOc1ccc(OCc2nnc(S[C@H](C)C(=O)NC(N)=O)n2-c2ccc(Cl)cc2)cc1. The Balaban J connectivity index is 1.83. The van der Waals surface area contributed by atoms with Crippen LogP contribution in [0.5, 0.6) is 11.5 Å². The molecule has 0 aliphatic carbocycles. The standard InChI is InChI=1S/C21H22ClN5O4S/c1-3-30-16-8-10-17(11-9-16)31-12-18-25-26-21(32-13(2)19(28)24-20(23)29)27(18)15-6-4-14(22)5-7-15/h4-11,13H,3,12H2,1-2H3,(H3,23,24,28,29)/t13-/m1/s1. The number of aromatic nitrogens is 3. The molecule has 0 fully saturated rings. The Morgan fingerprint density at radius 1 is 1.09 bits per heavy atom. The van der Waals surface area contributed by atoms with Gasteiger partial charge in [-0.25, -0.2) is 4.79 Å². The van der Waals surface area contributed by atoms with Crippen molar-refractivity contribution in [1.29, 1.82) is 0 Å². The van der Waals surface area contributed by atoms with Crippen molar-refractivity contribution in [2.75, 3.05) is 6.61 Å². The molecule has 0 unspecified atom stereocenters. The predicted octanol–water partition coefficient (Wildman–Crippen LogP) is 3.57. The number of halogens is 1. The Hall–Kier alpha value is -3.24. The van der Waals surface area contributed by atoms with Crippen LogP contribution in [-0.4, -0.2) is 38.6 Å². The van der Waals surface area contributed by atoms with Gasteiger partial charge in [-0.3, -0.25) is 14.7 Å². The van der Waals surface area contributed by atoms with E-state index in [1.54, 1.807) is 35.8 Å². The number of nitrogens with one attached hydrogen (secondary N) is 1. The first-order chi connectivity index (χ1) is 15.4. The third-order valence-corrected chi connectivity index (χ3v) is 5.48. The summed E-state index contributed by atoms with van der Waals surface area (Å²) in [6, 6.07) is 13.4. The van der Waals surface area contributed by atoms with Crippen molar-refractivity contribution in [1.82, 2.24) is 20.1 Å². The van der Waals surface area contributed by atoms with E-state index in [2.05, 4.69) is 15.5 Å². The molecule has 32 heavy (non-hydrogen) atoms. The van der Waals surface area contributed by atoms with E-state index in [0.717, 1.165) is 23.2 Å². The highest BCUT2D eigenvalue weighted by Crippen LogP contribution is 2.27. The Morgan fingerprint density at radius 3 is 2.31 bits per heavy atom. The van der Waals surface area contributed by atoms with Crippen molar-refractivity contribution in [2.45, 2.75) is 30.9 Å². The van der Waals surface area contributed by atoms with Gasteiger partial charge in [0, 0.05) is 10.7 Å². The molecule has 0 aliphatic heterocycles. The molecular weight excluding hydrogens is 454 g/mol. The van der Waals surface area contributed by atoms with Crippen LogP contribution in [-0.2, 0) is 11.4 Å². The maximum Gasteiger partial charge on any atom is 0.318 e. The molecule has 0 bridgehead atoms. The topological polar surface area (TPSA) is 121 Å². The maximum atomic E-state index is 12.1. The van der Waals surface area contributed by atoms with Crippen molar-refractivity contribution in [3.05, 3.63) is 59.4 Å². The van der Waals surface area contributed by atoms with Crippen LogP contribution in [0.4, 0.5) is 4.79 Å². The summed E-state index contributed by atoms with van der Waals surface area (Å²) in [6.45, 7) is 4.27. The number of primary amides is 1. The van der Waals surface area contributed by atoms with Gasteiger partial charge >= 0.3 is 6.03 Å². The van der Waals surface area contributed by atoms with Crippen LogP contribution in [0.2, 0.25) is 5.02 Å².